The molecule has 2 rings (SSSR count). The minimum Gasteiger partial charge on any atom is -0.211 e. The van der Waals surface area contributed by atoms with Crippen molar-refractivity contribution in [1.29, 1.82) is 0 Å². The van der Waals surface area contributed by atoms with Crippen molar-refractivity contribution < 1.29 is 9.59 Å². The maximum absolute atomic E-state index is 10.5. The first-order chi connectivity index (χ1) is 11.3. The molecule has 0 aliphatic carbocycles. The lowest BCUT2D eigenvalue weighted by molar-refractivity contribution is 0.558. The standard InChI is InChI=1S/C17H12N4O2/c22-12-20-16(14-7-3-1-4-8-14)18-11-19-17(21-13-23)15-9-5-2-6-10-15/h1-10,16-17H. The quantitative estimate of drug-likeness (QED) is 0.606. The Morgan fingerprint density at radius 1 is 0.609 bits per heavy atom. The number of aliphatic imine (C=N–C) groups is 4. The van der Waals surface area contributed by atoms with Crippen LogP contribution in [0.25, 0.3) is 0 Å². The summed E-state index contributed by atoms with van der Waals surface area (Å²) in [6, 6.07) is 20.4. The van der Waals surface area contributed by atoms with Crippen LogP contribution in [0, 0.1) is 0 Å². The lowest BCUT2D eigenvalue weighted by Crippen LogP contribution is -1.92. The molecule has 0 saturated heterocycles. The van der Waals surface area contributed by atoms with Crippen LogP contribution in [0.5, 0.6) is 0 Å². The largest absolute Gasteiger partial charge is 0.237 e. The number of carbonyl (C=O) groups excluding carboxylic acids is 2. The first-order valence-corrected chi connectivity index (χ1v) is 6.73. The van der Waals surface area contributed by atoms with Gasteiger partial charge < -0.3 is 0 Å². The summed E-state index contributed by atoms with van der Waals surface area (Å²) in [6.45, 7) is 0. The highest BCUT2D eigenvalue weighted by Crippen LogP contribution is 2.19. The number of nitrogens with zero attached hydrogens (tertiary/aromatic N) is 4. The normalized spacial score (nSPS) is 11.8. The first-order valence-electron chi connectivity index (χ1n) is 6.73. The van der Waals surface area contributed by atoms with Gasteiger partial charge in [0.1, 0.15) is 0 Å². The fourth-order valence-electron chi connectivity index (χ4n) is 1.85. The summed E-state index contributed by atoms with van der Waals surface area (Å²) in [4.78, 5) is 36.3. The summed E-state index contributed by atoms with van der Waals surface area (Å²) < 4.78 is 0. The summed E-state index contributed by atoms with van der Waals surface area (Å²) in [5, 5.41) is 0. The van der Waals surface area contributed by atoms with Gasteiger partial charge >= 0.3 is 0 Å². The van der Waals surface area contributed by atoms with E-state index >= 15 is 0 Å². The summed E-state index contributed by atoms with van der Waals surface area (Å²) in [7, 11) is 0. The molecule has 0 aromatic heterocycles. The van der Waals surface area contributed by atoms with E-state index in [1.165, 1.54) is 12.2 Å². The van der Waals surface area contributed by atoms with Crippen LogP contribution in [0.1, 0.15) is 23.5 Å². The highest BCUT2D eigenvalue weighted by atomic mass is 16.1. The van der Waals surface area contributed by atoms with E-state index < -0.39 is 12.3 Å². The van der Waals surface area contributed by atoms with Crippen LogP contribution in [-0.2, 0) is 9.59 Å². The molecule has 0 N–H and O–H groups in total. The second-order valence-corrected chi connectivity index (χ2v) is 4.37. The SMILES string of the molecule is O=C=NC(N=C=NC(N=C=O)c1ccccc1)c1ccccc1. The topological polar surface area (TPSA) is 83.6 Å². The third-order valence-electron chi connectivity index (χ3n) is 2.91. The minimum atomic E-state index is -0.783. The zero-order valence-electron chi connectivity index (χ0n) is 12.0. The molecule has 2 aromatic carbocycles. The van der Waals surface area contributed by atoms with Gasteiger partial charge in [0.25, 0.3) is 0 Å². The summed E-state index contributed by atoms with van der Waals surface area (Å²) in [5.74, 6) is 0. The lowest BCUT2D eigenvalue weighted by atomic mass is 10.2. The van der Waals surface area contributed by atoms with E-state index in [-0.39, 0.29) is 0 Å². The molecule has 0 saturated carbocycles. The minimum absolute atomic E-state index is 0.702. The van der Waals surface area contributed by atoms with E-state index in [2.05, 4.69) is 26.0 Å². The van der Waals surface area contributed by atoms with E-state index in [1.807, 2.05) is 12.1 Å². The Bertz CT molecular complexity index is 720. The van der Waals surface area contributed by atoms with E-state index in [0.29, 0.717) is 11.1 Å². The zero-order valence-corrected chi connectivity index (χ0v) is 12.0. The van der Waals surface area contributed by atoms with Gasteiger partial charge in [-0.1, -0.05) is 60.7 Å². The monoisotopic (exact) mass is 304 g/mol. The number of benzene rings is 2. The van der Waals surface area contributed by atoms with Crippen LogP contribution in [0.3, 0.4) is 0 Å². The van der Waals surface area contributed by atoms with E-state index in [4.69, 9.17) is 0 Å². The molecular weight excluding hydrogens is 292 g/mol. The molecular formula is C17H12N4O2. The van der Waals surface area contributed by atoms with Crippen molar-refractivity contribution in [1.82, 2.24) is 0 Å². The lowest BCUT2D eigenvalue weighted by Gasteiger charge is -2.04. The Morgan fingerprint density at radius 3 is 1.35 bits per heavy atom. The van der Waals surface area contributed by atoms with Crippen LogP contribution in [0.4, 0.5) is 0 Å². The van der Waals surface area contributed by atoms with E-state index in [1.54, 1.807) is 48.5 Å². The molecule has 2 aromatic rings. The van der Waals surface area contributed by atoms with Gasteiger partial charge in [0.05, 0.1) is 6.01 Å². The molecule has 0 bridgehead atoms. The van der Waals surface area contributed by atoms with Gasteiger partial charge in [-0.05, 0) is 11.1 Å². The van der Waals surface area contributed by atoms with Crippen molar-refractivity contribution in [2.24, 2.45) is 20.0 Å². The van der Waals surface area contributed by atoms with Gasteiger partial charge in [0.15, 0.2) is 12.3 Å². The Balaban J connectivity index is 2.28. The summed E-state index contributed by atoms with van der Waals surface area (Å²) >= 11 is 0. The van der Waals surface area contributed by atoms with E-state index in [0.717, 1.165) is 0 Å². The van der Waals surface area contributed by atoms with Gasteiger partial charge in [-0.15, -0.1) is 0 Å². The molecule has 112 valence electrons. The summed E-state index contributed by atoms with van der Waals surface area (Å²) in [6.07, 6.45) is 1.38. The predicted octanol–water partition coefficient (Wildman–Crippen LogP) is 3.23. The maximum atomic E-state index is 10.5. The van der Waals surface area contributed by atoms with Crippen LogP contribution < -0.4 is 0 Å². The van der Waals surface area contributed by atoms with Gasteiger partial charge in [-0.25, -0.2) is 9.59 Å². The Morgan fingerprint density at radius 2 is 1.00 bits per heavy atom. The second kappa shape index (κ2) is 8.78. The molecule has 0 amide bonds. The average molecular weight is 304 g/mol. The molecule has 0 heterocycles. The van der Waals surface area contributed by atoms with Crippen molar-refractivity contribution in [2.45, 2.75) is 12.3 Å². The van der Waals surface area contributed by atoms with Crippen molar-refractivity contribution in [2.75, 3.05) is 0 Å². The fraction of sp³-hybridized carbons (Fsp3) is 0.118. The second-order valence-electron chi connectivity index (χ2n) is 4.37. The van der Waals surface area contributed by atoms with Gasteiger partial charge in [-0.2, -0.15) is 20.0 Å². The molecule has 6 nitrogen and oxygen atoms in total. The third kappa shape index (κ3) is 4.81. The number of isocyanates is 2. The van der Waals surface area contributed by atoms with Crippen molar-refractivity contribution >= 4 is 18.2 Å². The summed E-state index contributed by atoms with van der Waals surface area (Å²) in [5.41, 5.74) is 1.40. The van der Waals surface area contributed by atoms with Crippen molar-refractivity contribution in [3.63, 3.8) is 0 Å². The van der Waals surface area contributed by atoms with Crippen molar-refractivity contribution in [3.8, 4) is 0 Å². The first kappa shape index (κ1) is 16.0. The predicted molar refractivity (Wildman–Crippen MR) is 84.5 cm³/mol. The molecule has 0 radical (unpaired) electrons. The van der Waals surface area contributed by atoms with E-state index in [9.17, 15) is 9.59 Å². The van der Waals surface area contributed by atoms with Crippen LogP contribution in [0.2, 0.25) is 0 Å². The number of hydrogen-bond donors (Lipinski definition) is 0. The number of rotatable bonds is 6. The van der Waals surface area contributed by atoms with Crippen molar-refractivity contribution in [3.05, 3.63) is 71.8 Å². The molecule has 0 aliphatic rings. The third-order valence-corrected chi connectivity index (χ3v) is 2.91. The highest BCUT2D eigenvalue weighted by Gasteiger charge is 2.08. The Hall–Kier alpha value is -3.42. The van der Waals surface area contributed by atoms with Gasteiger partial charge in [0, 0.05) is 0 Å². The zero-order chi connectivity index (χ0) is 16.3. The highest BCUT2D eigenvalue weighted by molar-refractivity contribution is 5.46. The van der Waals surface area contributed by atoms with Crippen LogP contribution in [0.15, 0.2) is 80.6 Å². The molecule has 0 spiro atoms. The maximum Gasteiger partial charge on any atom is 0.237 e. The fourth-order valence-corrected chi connectivity index (χ4v) is 1.85. The molecule has 6 heteroatoms. The smallest absolute Gasteiger partial charge is 0.211 e. The average Bonchev–Trinajstić information content (AvgIpc) is 2.61. The molecule has 0 fully saturated rings. The molecule has 0 aliphatic heterocycles. The molecule has 23 heavy (non-hydrogen) atoms. The van der Waals surface area contributed by atoms with Gasteiger partial charge in [0.2, 0.25) is 12.2 Å². The Kier molecular flexibility index (Phi) is 6.09. The molecule has 2 unspecified atom stereocenters. The van der Waals surface area contributed by atoms with Crippen LogP contribution in [-0.4, -0.2) is 18.2 Å². The Labute approximate surface area is 132 Å². The number of hydrogen-bond acceptors (Lipinski definition) is 6. The molecule has 2 atom stereocenters. The van der Waals surface area contributed by atoms with Gasteiger partial charge in [-0.3, -0.25) is 0 Å². The van der Waals surface area contributed by atoms with Crippen LogP contribution >= 0.6 is 0 Å².